The molecule has 0 aliphatic heterocycles. The summed E-state index contributed by atoms with van der Waals surface area (Å²) < 4.78 is 41.2. The largest absolute Gasteiger partial charge is 0.492 e. The van der Waals surface area contributed by atoms with Gasteiger partial charge < -0.3 is 4.74 Å². The summed E-state index contributed by atoms with van der Waals surface area (Å²) in [4.78, 5) is 3.53. The molecule has 0 fully saturated rings. The van der Waals surface area contributed by atoms with Crippen LogP contribution in [-0.2, 0) is 16.4 Å². The molecule has 1 aromatic carbocycles. The molecule has 7 heteroatoms. The second-order valence-electron chi connectivity index (χ2n) is 4.09. The molecular weight excluding hydrogens is 283 g/mol. The SMILES string of the molecule is NS(=O)(=O)c1cc(F)ccc1OCCc1ccncc1. The highest BCUT2D eigenvalue weighted by molar-refractivity contribution is 7.89. The molecular formula is C13H13FN2O3S. The van der Waals surface area contributed by atoms with E-state index in [4.69, 9.17) is 9.88 Å². The summed E-state index contributed by atoms with van der Waals surface area (Å²) in [7, 11) is -4.03. The predicted molar refractivity (Wildman–Crippen MR) is 71.2 cm³/mol. The molecule has 0 bridgehead atoms. The van der Waals surface area contributed by atoms with Crippen LogP contribution in [0.15, 0.2) is 47.6 Å². The van der Waals surface area contributed by atoms with Gasteiger partial charge in [0.2, 0.25) is 10.0 Å². The molecule has 0 saturated carbocycles. The second-order valence-corrected chi connectivity index (χ2v) is 5.62. The van der Waals surface area contributed by atoms with Crippen molar-refractivity contribution in [2.24, 2.45) is 5.14 Å². The van der Waals surface area contributed by atoms with Crippen molar-refractivity contribution in [3.63, 3.8) is 0 Å². The number of nitrogens with two attached hydrogens (primary N) is 1. The summed E-state index contributed by atoms with van der Waals surface area (Å²) in [5.74, 6) is -0.640. The summed E-state index contributed by atoms with van der Waals surface area (Å²) in [6.07, 6.45) is 3.88. The van der Waals surface area contributed by atoms with Gasteiger partial charge in [-0.2, -0.15) is 0 Å². The molecule has 2 N–H and O–H groups in total. The average molecular weight is 296 g/mol. The van der Waals surface area contributed by atoms with Gasteiger partial charge >= 0.3 is 0 Å². The minimum atomic E-state index is -4.03. The molecule has 0 unspecified atom stereocenters. The van der Waals surface area contributed by atoms with Gasteiger partial charge in [0, 0.05) is 18.8 Å². The van der Waals surface area contributed by atoms with Crippen LogP contribution in [0.1, 0.15) is 5.56 Å². The molecule has 0 atom stereocenters. The van der Waals surface area contributed by atoms with Crippen molar-refractivity contribution in [1.29, 1.82) is 0 Å². The summed E-state index contributed by atoms with van der Waals surface area (Å²) in [5, 5.41) is 5.03. The Morgan fingerprint density at radius 1 is 1.20 bits per heavy atom. The third-order valence-electron chi connectivity index (χ3n) is 2.61. The molecule has 1 heterocycles. The van der Waals surface area contributed by atoms with Crippen LogP contribution in [0.5, 0.6) is 5.75 Å². The van der Waals surface area contributed by atoms with Gasteiger partial charge in [-0.3, -0.25) is 4.98 Å². The highest BCUT2D eigenvalue weighted by Crippen LogP contribution is 2.23. The van der Waals surface area contributed by atoms with E-state index in [0.29, 0.717) is 6.42 Å². The number of rotatable bonds is 5. The third-order valence-corrected chi connectivity index (χ3v) is 3.54. The molecule has 1 aromatic heterocycles. The first-order chi connectivity index (χ1) is 9.47. The third kappa shape index (κ3) is 3.75. The summed E-state index contributed by atoms with van der Waals surface area (Å²) in [5.41, 5.74) is 0.999. The van der Waals surface area contributed by atoms with Gasteiger partial charge in [-0.05, 0) is 35.9 Å². The van der Waals surface area contributed by atoms with Gasteiger partial charge in [-0.25, -0.2) is 17.9 Å². The minimum absolute atomic E-state index is 0.0444. The molecule has 5 nitrogen and oxygen atoms in total. The van der Waals surface area contributed by atoms with Crippen LogP contribution in [-0.4, -0.2) is 20.0 Å². The van der Waals surface area contributed by atoms with E-state index in [1.807, 2.05) is 12.1 Å². The van der Waals surface area contributed by atoms with Gasteiger partial charge in [-0.1, -0.05) is 0 Å². The van der Waals surface area contributed by atoms with Gasteiger partial charge in [0.15, 0.2) is 0 Å². The zero-order valence-corrected chi connectivity index (χ0v) is 11.3. The van der Waals surface area contributed by atoms with Crippen molar-refractivity contribution in [3.8, 4) is 5.75 Å². The number of primary sulfonamides is 1. The molecule has 0 amide bonds. The molecule has 0 saturated heterocycles. The van der Waals surface area contributed by atoms with E-state index in [0.717, 1.165) is 17.7 Å². The van der Waals surface area contributed by atoms with Gasteiger partial charge in [0.1, 0.15) is 16.5 Å². The van der Waals surface area contributed by atoms with E-state index < -0.39 is 15.8 Å². The molecule has 0 aliphatic rings. The molecule has 106 valence electrons. The highest BCUT2D eigenvalue weighted by Gasteiger charge is 2.16. The highest BCUT2D eigenvalue weighted by atomic mass is 32.2. The predicted octanol–water partition coefficient (Wildman–Crippen LogP) is 1.49. The maximum atomic E-state index is 13.1. The average Bonchev–Trinajstić information content (AvgIpc) is 2.40. The number of hydrogen-bond donors (Lipinski definition) is 1. The molecule has 2 aromatic rings. The zero-order valence-electron chi connectivity index (χ0n) is 10.5. The van der Waals surface area contributed by atoms with Crippen LogP contribution in [0, 0.1) is 5.82 Å². The van der Waals surface area contributed by atoms with E-state index in [2.05, 4.69) is 4.98 Å². The van der Waals surface area contributed by atoms with Crippen LogP contribution in [0.4, 0.5) is 4.39 Å². The topological polar surface area (TPSA) is 82.3 Å². The maximum Gasteiger partial charge on any atom is 0.241 e. The second kappa shape index (κ2) is 5.98. The van der Waals surface area contributed by atoms with Crippen molar-refractivity contribution >= 4 is 10.0 Å². The Morgan fingerprint density at radius 2 is 1.90 bits per heavy atom. The normalized spacial score (nSPS) is 11.3. The number of benzene rings is 1. The number of ether oxygens (including phenoxy) is 1. The van der Waals surface area contributed by atoms with Crippen LogP contribution < -0.4 is 9.88 Å². The van der Waals surface area contributed by atoms with Crippen molar-refractivity contribution < 1.29 is 17.5 Å². The van der Waals surface area contributed by atoms with E-state index >= 15 is 0 Å². The van der Waals surface area contributed by atoms with Gasteiger partial charge in [-0.15, -0.1) is 0 Å². The molecule has 0 spiro atoms. The number of nitrogens with zero attached hydrogens (tertiary/aromatic N) is 1. The number of aromatic nitrogens is 1. The van der Waals surface area contributed by atoms with Crippen molar-refractivity contribution in [3.05, 3.63) is 54.1 Å². The van der Waals surface area contributed by atoms with Crippen molar-refractivity contribution in [2.75, 3.05) is 6.61 Å². The van der Waals surface area contributed by atoms with E-state index in [1.54, 1.807) is 12.4 Å². The molecule has 0 radical (unpaired) electrons. The number of halogens is 1. The quantitative estimate of drug-likeness (QED) is 0.906. The van der Waals surface area contributed by atoms with Crippen molar-refractivity contribution in [2.45, 2.75) is 11.3 Å². The fraction of sp³-hybridized carbons (Fsp3) is 0.154. The first kappa shape index (κ1) is 14.4. The fourth-order valence-electron chi connectivity index (χ4n) is 1.65. The summed E-state index contributed by atoms with van der Waals surface area (Å²) in [6.45, 7) is 0.248. The summed E-state index contributed by atoms with van der Waals surface area (Å²) >= 11 is 0. The summed E-state index contributed by atoms with van der Waals surface area (Å²) in [6, 6.07) is 6.87. The Morgan fingerprint density at radius 3 is 2.55 bits per heavy atom. The van der Waals surface area contributed by atoms with E-state index in [1.165, 1.54) is 6.07 Å². The Labute approximate surface area is 116 Å². The smallest absolute Gasteiger partial charge is 0.241 e. The van der Waals surface area contributed by atoms with Crippen LogP contribution in [0.3, 0.4) is 0 Å². The Hall–Kier alpha value is -1.99. The number of hydrogen-bond acceptors (Lipinski definition) is 4. The van der Waals surface area contributed by atoms with Crippen LogP contribution in [0.2, 0.25) is 0 Å². The Bertz CT molecular complexity index is 690. The van der Waals surface area contributed by atoms with Gasteiger partial charge in [0.05, 0.1) is 6.61 Å². The van der Waals surface area contributed by atoms with Gasteiger partial charge in [0.25, 0.3) is 0 Å². The van der Waals surface area contributed by atoms with Crippen LogP contribution >= 0.6 is 0 Å². The maximum absolute atomic E-state index is 13.1. The molecule has 20 heavy (non-hydrogen) atoms. The number of pyridine rings is 1. The molecule has 0 aliphatic carbocycles. The van der Waals surface area contributed by atoms with E-state index in [-0.39, 0.29) is 17.3 Å². The lowest BCUT2D eigenvalue weighted by Gasteiger charge is -2.10. The molecule has 2 rings (SSSR count). The fourth-order valence-corrected chi connectivity index (χ4v) is 2.34. The standard InChI is InChI=1S/C13H13FN2O3S/c14-11-1-2-12(13(9-11)20(15,17)18)19-8-5-10-3-6-16-7-4-10/h1-4,6-7,9H,5,8H2,(H2,15,17,18). The Kier molecular flexibility index (Phi) is 4.31. The first-order valence-corrected chi connectivity index (χ1v) is 7.35. The zero-order chi connectivity index (χ0) is 14.6. The number of sulfonamides is 1. The Balaban J connectivity index is 2.10. The lowest BCUT2D eigenvalue weighted by molar-refractivity contribution is 0.313. The minimum Gasteiger partial charge on any atom is -0.492 e. The lowest BCUT2D eigenvalue weighted by atomic mass is 10.2. The van der Waals surface area contributed by atoms with Crippen LogP contribution in [0.25, 0.3) is 0 Å². The van der Waals surface area contributed by atoms with Crippen molar-refractivity contribution in [1.82, 2.24) is 4.98 Å². The monoisotopic (exact) mass is 296 g/mol. The first-order valence-electron chi connectivity index (χ1n) is 5.81. The lowest BCUT2D eigenvalue weighted by Crippen LogP contribution is -2.15. The van der Waals surface area contributed by atoms with E-state index in [9.17, 15) is 12.8 Å².